The predicted molar refractivity (Wildman–Crippen MR) is 78.8 cm³/mol. The Morgan fingerprint density at radius 2 is 2.10 bits per heavy atom. The van der Waals surface area contributed by atoms with Crippen LogP contribution in [0.3, 0.4) is 0 Å². The molecule has 1 saturated carbocycles. The van der Waals surface area contributed by atoms with Gasteiger partial charge in [0, 0.05) is 5.69 Å². The number of hydrogen-bond donors (Lipinski definition) is 3. The average molecular weight is 288 g/mol. The first-order chi connectivity index (χ1) is 9.98. The van der Waals surface area contributed by atoms with Crippen LogP contribution in [0.25, 0.3) is 0 Å². The Labute approximate surface area is 123 Å². The van der Waals surface area contributed by atoms with Gasteiger partial charge in [-0.1, -0.05) is 12.1 Å². The van der Waals surface area contributed by atoms with Crippen LogP contribution in [0.4, 0.5) is 5.69 Å². The molecule has 1 atom stereocenters. The van der Waals surface area contributed by atoms with Crippen molar-refractivity contribution in [2.24, 2.45) is 0 Å². The molecule has 3 N–H and O–H groups in total. The number of carbonyl (C=O) groups is 2. The van der Waals surface area contributed by atoms with Crippen LogP contribution < -0.4 is 10.6 Å². The first-order valence-corrected chi connectivity index (χ1v) is 7.44. The van der Waals surface area contributed by atoms with E-state index in [0.29, 0.717) is 19.3 Å². The van der Waals surface area contributed by atoms with Crippen molar-refractivity contribution in [3.63, 3.8) is 0 Å². The summed E-state index contributed by atoms with van der Waals surface area (Å²) in [6, 6.07) is 5.51. The summed E-state index contributed by atoms with van der Waals surface area (Å²) in [7, 11) is 0. The van der Waals surface area contributed by atoms with Gasteiger partial charge in [0.15, 0.2) is 0 Å². The minimum absolute atomic E-state index is 0.000828. The Hall–Kier alpha value is -1.88. The minimum atomic E-state index is -1.21. The van der Waals surface area contributed by atoms with Crippen LogP contribution in [0.2, 0.25) is 0 Å². The van der Waals surface area contributed by atoms with E-state index in [-0.39, 0.29) is 17.9 Å². The van der Waals surface area contributed by atoms with E-state index in [4.69, 9.17) is 0 Å². The van der Waals surface area contributed by atoms with Crippen LogP contribution in [-0.4, -0.2) is 22.5 Å². The van der Waals surface area contributed by atoms with Crippen LogP contribution in [-0.2, 0) is 16.0 Å². The lowest BCUT2D eigenvalue weighted by molar-refractivity contribution is -0.139. The number of aliphatic hydroxyl groups is 1. The molecule has 2 aliphatic rings. The summed E-state index contributed by atoms with van der Waals surface area (Å²) in [5.74, 6) is -0.290. The van der Waals surface area contributed by atoms with E-state index in [1.54, 1.807) is 0 Å². The van der Waals surface area contributed by atoms with Gasteiger partial charge in [0.2, 0.25) is 5.91 Å². The van der Waals surface area contributed by atoms with Crippen molar-refractivity contribution in [3.05, 3.63) is 29.3 Å². The first kappa shape index (κ1) is 14.1. The minimum Gasteiger partial charge on any atom is -0.380 e. The standard InChI is InChI=1S/C16H20N2O3/c1-10(17-15(20)16(21)6-2-3-7-16)11-4-5-13-12(8-11)9-14(19)18-13/h4-5,8,10,21H,2-3,6-7,9H2,1H3,(H,17,20)(H,18,19). The van der Waals surface area contributed by atoms with E-state index >= 15 is 0 Å². The highest BCUT2D eigenvalue weighted by atomic mass is 16.3. The van der Waals surface area contributed by atoms with E-state index in [0.717, 1.165) is 29.7 Å². The molecule has 1 aliphatic heterocycles. The van der Waals surface area contributed by atoms with Crippen LogP contribution in [0.1, 0.15) is 49.8 Å². The third-order valence-corrected chi connectivity index (χ3v) is 4.46. The van der Waals surface area contributed by atoms with Gasteiger partial charge in [-0.05, 0) is 49.8 Å². The molecule has 3 rings (SSSR count). The monoisotopic (exact) mass is 288 g/mol. The summed E-state index contributed by atoms with van der Waals surface area (Å²) in [5, 5.41) is 16.0. The van der Waals surface area contributed by atoms with E-state index in [9.17, 15) is 14.7 Å². The van der Waals surface area contributed by atoms with Crippen molar-refractivity contribution in [2.45, 2.75) is 50.7 Å². The normalized spacial score (nSPS) is 20.8. The molecule has 1 aromatic carbocycles. The number of carbonyl (C=O) groups excluding carboxylic acids is 2. The van der Waals surface area contributed by atoms with Gasteiger partial charge in [0.1, 0.15) is 5.60 Å². The lowest BCUT2D eigenvalue weighted by Crippen LogP contribution is -2.45. The summed E-state index contributed by atoms with van der Waals surface area (Å²) < 4.78 is 0. The fourth-order valence-corrected chi connectivity index (χ4v) is 3.12. The summed E-state index contributed by atoms with van der Waals surface area (Å²) in [4.78, 5) is 23.6. The molecule has 21 heavy (non-hydrogen) atoms. The maximum atomic E-state index is 12.2. The van der Waals surface area contributed by atoms with Crippen LogP contribution in [0.15, 0.2) is 18.2 Å². The van der Waals surface area contributed by atoms with Gasteiger partial charge in [0.25, 0.3) is 5.91 Å². The quantitative estimate of drug-likeness (QED) is 0.791. The third-order valence-electron chi connectivity index (χ3n) is 4.46. The molecule has 1 fully saturated rings. The molecule has 5 nitrogen and oxygen atoms in total. The molecule has 1 unspecified atom stereocenters. The molecule has 1 aromatic rings. The number of benzene rings is 1. The lowest BCUT2D eigenvalue weighted by Gasteiger charge is -2.24. The van der Waals surface area contributed by atoms with Crippen molar-refractivity contribution in [1.82, 2.24) is 5.32 Å². The summed E-state index contributed by atoms with van der Waals surface area (Å²) in [5.41, 5.74) is 1.54. The van der Waals surface area contributed by atoms with Crippen molar-refractivity contribution in [2.75, 3.05) is 5.32 Å². The highest BCUT2D eigenvalue weighted by Crippen LogP contribution is 2.31. The SMILES string of the molecule is CC(NC(=O)C1(O)CCCC1)c1ccc2c(c1)CC(=O)N2. The Kier molecular flexibility index (Phi) is 3.45. The second kappa shape index (κ2) is 5.15. The Bertz CT molecular complexity index is 591. The molecule has 5 heteroatoms. The van der Waals surface area contributed by atoms with Crippen molar-refractivity contribution >= 4 is 17.5 Å². The van der Waals surface area contributed by atoms with Crippen LogP contribution >= 0.6 is 0 Å². The van der Waals surface area contributed by atoms with Crippen molar-refractivity contribution in [3.8, 4) is 0 Å². The smallest absolute Gasteiger partial charge is 0.252 e. The highest BCUT2D eigenvalue weighted by Gasteiger charge is 2.39. The van der Waals surface area contributed by atoms with E-state index < -0.39 is 5.60 Å². The highest BCUT2D eigenvalue weighted by molar-refractivity contribution is 5.99. The van der Waals surface area contributed by atoms with E-state index in [1.165, 1.54) is 0 Å². The second-order valence-electron chi connectivity index (χ2n) is 6.08. The molecule has 0 saturated heterocycles. The van der Waals surface area contributed by atoms with Gasteiger partial charge in [0.05, 0.1) is 12.5 Å². The molecule has 0 spiro atoms. The Balaban J connectivity index is 1.71. The fraction of sp³-hybridized carbons (Fsp3) is 0.500. The molecular weight excluding hydrogens is 268 g/mol. The summed E-state index contributed by atoms with van der Waals surface area (Å²) in [6.45, 7) is 1.89. The number of fused-ring (bicyclic) bond motifs is 1. The Morgan fingerprint density at radius 3 is 2.81 bits per heavy atom. The topological polar surface area (TPSA) is 78.4 Å². The number of hydrogen-bond acceptors (Lipinski definition) is 3. The van der Waals surface area contributed by atoms with Gasteiger partial charge in [-0.3, -0.25) is 9.59 Å². The fourth-order valence-electron chi connectivity index (χ4n) is 3.12. The summed E-state index contributed by atoms with van der Waals surface area (Å²) >= 11 is 0. The zero-order valence-electron chi connectivity index (χ0n) is 12.1. The summed E-state index contributed by atoms with van der Waals surface area (Å²) in [6.07, 6.45) is 3.24. The lowest BCUT2D eigenvalue weighted by atomic mass is 9.99. The number of anilines is 1. The van der Waals surface area contributed by atoms with Gasteiger partial charge >= 0.3 is 0 Å². The van der Waals surface area contributed by atoms with Crippen LogP contribution in [0.5, 0.6) is 0 Å². The van der Waals surface area contributed by atoms with Gasteiger partial charge in [-0.25, -0.2) is 0 Å². The van der Waals surface area contributed by atoms with E-state index in [1.807, 2.05) is 25.1 Å². The molecule has 1 aliphatic carbocycles. The van der Waals surface area contributed by atoms with E-state index in [2.05, 4.69) is 10.6 Å². The molecule has 1 heterocycles. The third kappa shape index (κ3) is 2.65. The first-order valence-electron chi connectivity index (χ1n) is 7.44. The predicted octanol–water partition coefficient (Wildman–Crippen LogP) is 1.66. The number of nitrogens with one attached hydrogen (secondary N) is 2. The Morgan fingerprint density at radius 1 is 1.38 bits per heavy atom. The largest absolute Gasteiger partial charge is 0.380 e. The van der Waals surface area contributed by atoms with Crippen molar-refractivity contribution < 1.29 is 14.7 Å². The molecule has 0 radical (unpaired) electrons. The van der Waals surface area contributed by atoms with Gasteiger partial charge < -0.3 is 15.7 Å². The van der Waals surface area contributed by atoms with Gasteiger partial charge in [-0.15, -0.1) is 0 Å². The maximum Gasteiger partial charge on any atom is 0.252 e. The molecule has 0 bridgehead atoms. The average Bonchev–Trinajstić information content (AvgIpc) is 3.03. The maximum absolute atomic E-state index is 12.2. The zero-order chi connectivity index (χ0) is 15.0. The molecular formula is C16H20N2O3. The molecule has 2 amide bonds. The second-order valence-corrected chi connectivity index (χ2v) is 6.08. The zero-order valence-corrected chi connectivity index (χ0v) is 12.1. The van der Waals surface area contributed by atoms with Crippen LogP contribution in [0, 0.1) is 0 Å². The molecule has 0 aromatic heterocycles. The number of amides is 2. The number of rotatable bonds is 3. The molecule has 112 valence electrons. The van der Waals surface area contributed by atoms with Gasteiger partial charge in [-0.2, -0.15) is 0 Å². The van der Waals surface area contributed by atoms with Crippen molar-refractivity contribution in [1.29, 1.82) is 0 Å².